The maximum Gasteiger partial charge on any atom is 0.269 e. The number of hydrogen-bond donors (Lipinski definition) is 1. The number of nitrogens with one attached hydrogen (secondary N) is 1. The molecule has 0 bridgehead atoms. The molecule has 0 unspecified atom stereocenters. The third-order valence-corrected chi connectivity index (χ3v) is 4.17. The minimum absolute atomic E-state index is 0.105. The molecule has 0 aliphatic carbocycles. The van der Waals surface area contributed by atoms with Gasteiger partial charge in [0, 0.05) is 17.8 Å². The Kier molecular flexibility index (Phi) is 5.60. The number of amides is 1. The molecule has 2 aromatic rings. The second-order valence-electron chi connectivity index (χ2n) is 5.90. The van der Waals surface area contributed by atoms with Gasteiger partial charge in [0.15, 0.2) is 17.3 Å². The van der Waals surface area contributed by atoms with Crippen molar-refractivity contribution in [3.63, 3.8) is 0 Å². The number of carbonyl (C=O) groups excluding carboxylic acids is 2. The summed E-state index contributed by atoms with van der Waals surface area (Å²) in [6.45, 7) is 2.02. The number of anilines is 1. The highest BCUT2D eigenvalue weighted by molar-refractivity contribution is 6.32. The zero-order valence-corrected chi connectivity index (χ0v) is 15.5. The van der Waals surface area contributed by atoms with Crippen molar-refractivity contribution in [1.29, 1.82) is 0 Å². The van der Waals surface area contributed by atoms with Crippen LogP contribution in [-0.4, -0.2) is 29.8 Å². The molecule has 1 aliphatic rings. The number of carbonyl (C=O) groups is 2. The van der Waals surface area contributed by atoms with Gasteiger partial charge in [-0.2, -0.15) is 0 Å². The van der Waals surface area contributed by atoms with Gasteiger partial charge in [-0.3, -0.25) is 19.7 Å². The molecule has 0 radical (unpaired) electrons. The van der Waals surface area contributed by atoms with Gasteiger partial charge in [-0.25, -0.2) is 0 Å². The van der Waals surface area contributed by atoms with Crippen molar-refractivity contribution < 1.29 is 24.0 Å². The summed E-state index contributed by atoms with van der Waals surface area (Å²) in [5.41, 5.74) is 0.610. The van der Waals surface area contributed by atoms with E-state index < -0.39 is 16.6 Å². The number of rotatable bonds is 5. The monoisotopic (exact) mass is 402 g/mol. The summed E-state index contributed by atoms with van der Waals surface area (Å²) in [5.74, 6) is -0.244. The van der Waals surface area contributed by atoms with E-state index in [0.29, 0.717) is 41.0 Å². The minimum atomic E-state index is -0.646. The number of nitrogens with zero attached hydrogens (tertiary/aromatic N) is 1. The smallest absolute Gasteiger partial charge is 0.269 e. The van der Waals surface area contributed by atoms with Crippen molar-refractivity contribution in [3.05, 3.63) is 62.7 Å². The third kappa shape index (κ3) is 4.29. The van der Waals surface area contributed by atoms with E-state index in [1.165, 1.54) is 37.3 Å². The summed E-state index contributed by atoms with van der Waals surface area (Å²) in [5, 5.41) is 13.6. The summed E-state index contributed by atoms with van der Waals surface area (Å²) in [4.78, 5) is 34.7. The topological polar surface area (TPSA) is 108 Å². The van der Waals surface area contributed by atoms with E-state index in [4.69, 9.17) is 21.1 Å². The molecule has 9 heteroatoms. The van der Waals surface area contributed by atoms with Crippen LogP contribution in [0.5, 0.6) is 11.5 Å². The Morgan fingerprint density at radius 2 is 1.86 bits per heavy atom. The zero-order chi connectivity index (χ0) is 20.3. The number of ether oxygens (including phenoxy) is 2. The molecule has 0 fully saturated rings. The van der Waals surface area contributed by atoms with Gasteiger partial charge in [-0.1, -0.05) is 11.6 Å². The number of ketones is 1. The number of non-ortho nitro benzene ring substituents is 1. The maximum absolute atomic E-state index is 12.5. The Labute approximate surface area is 164 Å². The van der Waals surface area contributed by atoms with Gasteiger partial charge in [0.25, 0.3) is 11.6 Å². The minimum Gasteiger partial charge on any atom is -0.486 e. The van der Waals surface area contributed by atoms with Crippen LogP contribution in [0.1, 0.15) is 12.5 Å². The summed E-state index contributed by atoms with van der Waals surface area (Å²) in [6.07, 6.45) is 1.40. The molecular formula is C19H15ClN2O6. The van der Waals surface area contributed by atoms with E-state index in [2.05, 4.69) is 5.32 Å². The van der Waals surface area contributed by atoms with Crippen molar-refractivity contribution in [2.75, 3.05) is 18.5 Å². The molecule has 0 saturated carbocycles. The molecule has 3 rings (SSSR count). The van der Waals surface area contributed by atoms with Crippen LogP contribution in [0.2, 0.25) is 5.02 Å². The maximum atomic E-state index is 12.5. The fourth-order valence-electron chi connectivity index (χ4n) is 2.57. The third-order valence-electron chi connectivity index (χ3n) is 3.89. The van der Waals surface area contributed by atoms with Crippen LogP contribution in [0.3, 0.4) is 0 Å². The van der Waals surface area contributed by atoms with Gasteiger partial charge in [-0.15, -0.1) is 0 Å². The lowest BCUT2D eigenvalue weighted by atomic mass is 10.1. The molecule has 0 saturated heterocycles. The number of hydrogen-bond acceptors (Lipinski definition) is 6. The van der Waals surface area contributed by atoms with E-state index >= 15 is 0 Å². The van der Waals surface area contributed by atoms with Crippen LogP contribution in [0.25, 0.3) is 6.08 Å². The summed E-state index contributed by atoms with van der Waals surface area (Å²) in [7, 11) is 0. The molecule has 0 atom stereocenters. The molecule has 28 heavy (non-hydrogen) atoms. The molecule has 0 aromatic heterocycles. The molecule has 144 valence electrons. The number of Topliss-reactive ketones (excluding diaryl/α,β-unsaturated/α-hetero) is 1. The molecule has 1 heterocycles. The van der Waals surface area contributed by atoms with Crippen LogP contribution in [-0.2, 0) is 9.59 Å². The lowest BCUT2D eigenvalue weighted by Gasteiger charge is -2.19. The molecule has 8 nitrogen and oxygen atoms in total. The van der Waals surface area contributed by atoms with Crippen LogP contribution >= 0.6 is 11.6 Å². The average Bonchev–Trinajstić information content (AvgIpc) is 2.66. The van der Waals surface area contributed by atoms with Gasteiger partial charge < -0.3 is 14.8 Å². The fraction of sp³-hybridized carbons (Fsp3) is 0.158. The van der Waals surface area contributed by atoms with Gasteiger partial charge in [0.05, 0.1) is 15.5 Å². The quantitative estimate of drug-likeness (QED) is 0.269. The van der Waals surface area contributed by atoms with E-state index in [9.17, 15) is 19.7 Å². The van der Waals surface area contributed by atoms with Crippen LogP contribution < -0.4 is 14.8 Å². The number of fused-ring (bicyclic) bond motifs is 1. The second-order valence-corrected chi connectivity index (χ2v) is 6.31. The van der Waals surface area contributed by atoms with E-state index in [1.54, 1.807) is 12.1 Å². The van der Waals surface area contributed by atoms with Crippen LogP contribution in [0, 0.1) is 10.1 Å². The molecule has 1 amide bonds. The van der Waals surface area contributed by atoms with Crippen molar-refractivity contribution in [1.82, 2.24) is 0 Å². The van der Waals surface area contributed by atoms with E-state index in [0.717, 1.165) is 0 Å². The van der Waals surface area contributed by atoms with E-state index in [1.807, 2.05) is 0 Å². The highest BCUT2D eigenvalue weighted by atomic mass is 35.5. The van der Waals surface area contributed by atoms with Crippen molar-refractivity contribution in [3.8, 4) is 11.5 Å². The molecular weight excluding hydrogens is 388 g/mol. The first kappa shape index (κ1) is 19.4. The number of nitro groups is 1. The number of benzene rings is 2. The number of nitro benzene ring substituents is 1. The Balaban J connectivity index is 1.86. The first-order valence-corrected chi connectivity index (χ1v) is 8.60. The predicted molar refractivity (Wildman–Crippen MR) is 103 cm³/mol. The number of halogens is 1. The van der Waals surface area contributed by atoms with Crippen LogP contribution in [0.15, 0.2) is 42.0 Å². The Bertz CT molecular complexity index is 985. The normalized spacial score (nSPS) is 13.0. The van der Waals surface area contributed by atoms with E-state index in [-0.39, 0.29) is 11.3 Å². The summed E-state index contributed by atoms with van der Waals surface area (Å²) in [6, 6.07) is 8.48. The molecule has 0 spiro atoms. The molecule has 1 N–H and O–H groups in total. The Morgan fingerprint density at radius 3 is 2.50 bits per heavy atom. The fourth-order valence-corrected chi connectivity index (χ4v) is 2.85. The first-order valence-electron chi connectivity index (χ1n) is 8.23. The molecule has 1 aliphatic heterocycles. The lowest BCUT2D eigenvalue weighted by molar-refractivity contribution is -0.384. The SMILES string of the molecule is CC(=O)/C(=C\c1cc(Cl)c2c(c1)OCCO2)C(=O)Nc1ccc([N+](=O)[O-])cc1. The summed E-state index contributed by atoms with van der Waals surface area (Å²) < 4.78 is 10.9. The van der Waals surface area contributed by atoms with Gasteiger partial charge >= 0.3 is 0 Å². The highest BCUT2D eigenvalue weighted by Crippen LogP contribution is 2.38. The van der Waals surface area contributed by atoms with Gasteiger partial charge in [0.1, 0.15) is 13.2 Å². The zero-order valence-electron chi connectivity index (χ0n) is 14.7. The van der Waals surface area contributed by atoms with Crippen LogP contribution in [0.4, 0.5) is 11.4 Å². The van der Waals surface area contributed by atoms with Crippen molar-refractivity contribution in [2.45, 2.75) is 6.92 Å². The Hall–Kier alpha value is -3.39. The highest BCUT2D eigenvalue weighted by Gasteiger charge is 2.19. The predicted octanol–water partition coefficient (Wildman–Crippen LogP) is 3.63. The second kappa shape index (κ2) is 8.10. The van der Waals surface area contributed by atoms with Crippen molar-refractivity contribution in [2.24, 2.45) is 0 Å². The van der Waals surface area contributed by atoms with Gasteiger partial charge in [-0.05, 0) is 42.8 Å². The average molecular weight is 403 g/mol. The largest absolute Gasteiger partial charge is 0.486 e. The molecule has 2 aromatic carbocycles. The first-order chi connectivity index (χ1) is 13.3. The Morgan fingerprint density at radius 1 is 1.18 bits per heavy atom. The lowest BCUT2D eigenvalue weighted by Crippen LogP contribution is -2.19. The van der Waals surface area contributed by atoms with Crippen molar-refractivity contribution >= 4 is 40.7 Å². The summed E-state index contributed by atoms with van der Waals surface area (Å²) >= 11 is 6.19. The standard InChI is InChI=1S/C19H15ClN2O6/c1-11(23)15(19(24)21-13-2-4-14(5-3-13)22(25)26)8-12-9-16(20)18-17(10-12)27-6-7-28-18/h2-5,8-10H,6-7H2,1H3,(H,21,24)/b15-8+. The van der Waals surface area contributed by atoms with Gasteiger partial charge in [0.2, 0.25) is 0 Å².